The fraction of sp³-hybridized carbons (Fsp3) is 0.0714. The van der Waals surface area contributed by atoms with Crippen LogP contribution in [0, 0.1) is 6.92 Å². The van der Waals surface area contributed by atoms with Crippen LogP contribution in [0.1, 0.15) is 5.56 Å². The summed E-state index contributed by atoms with van der Waals surface area (Å²) < 4.78 is 3.17. The first-order valence-corrected chi connectivity index (χ1v) is 14.3. The van der Waals surface area contributed by atoms with E-state index in [0.717, 1.165) is 38.2 Å². The summed E-state index contributed by atoms with van der Waals surface area (Å²) in [5.41, 5.74) is 4.96. The third-order valence-corrected chi connectivity index (χ3v) is 8.54. The summed E-state index contributed by atoms with van der Waals surface area (Å²) >= 11 is 4.65. The minimum absolute atomic E-state index is 0.103. The van der Waals surface area contributed by atoms with Gasteiger partial charge in [0.05, 0.1) is 20.8 Å². The Morgan fingerprint density at radius 2 is 1.81 bits per heavy atom. The summed E-state index contributed by atoms with van der Waals surface area (Å²) in [4.78, 5) is 18.5. The van der Waals surface area contributed by atoms with Gasteiger partial charge in [0.2, 0.25) is 5.91 Å². The van der Waals surface area contributed by atoms with Crippen molar-refractivity contribution in [1.29, 1.82) is 0 Å². The van der Waals surface area contributed by atoms with Gasteiger partial charge in [-0.05, 0) is 72.5 Å². The molecule has 0 saturated carbocycles. The van der Waals surface area contributed by atoms with E-state index >= 15 is 0 Å². The number of thiophene rings is 1. The highest BCUT2D eigenvalue weighted by atomic mass is 32.2. The maximum atomic E-state index is 12.8. The molecule has 6 rings (SSSR count). The Labute approximate surface area is 226 Å². The molecule has 3 heterocycles. The van der Waals surface area contributed by atoms with Gasteiger partial charge in [-0.25, -0.2) is 4.98 Å². The van der Waals surface area contributed by atoms with Crippen LogP contribution in [0.5, 0.6) is 0 Å². The van der Waals surface area contributed by atoms with E-state index in [1.165, 1.54) is 22.0 Å². The highest BCUT2D eigenvalue weighted by Crippen LogP contribution is 2.32. The molecule has 1 amide bonds. The second-order valence-corrected chi connectivity index (χ2v) is 11.3. The van der Waals surface area contributed by atoms with Crippen LogP contribution in [0.3, 0.4) is 0 Å². The van der Waals surface area contributed by atoms with Crippen LogP contribution in [-0.2, 0) is 4.79 Å². The number of benzene rings is 3. The number of anilines is 1. The van der Waals surface area contributed by atoms with Crippen molar-refractivity contribution in [2.75, 3.05) is 11.1 Å². The second kappa shape index (κ2) is 10.3. The smallest absolute Gasteiger partial charge is 0.234 e. The first-order chi connectivity index (χ1) is 18.1. The minimum Gasteiger partial charge on any atom is -0.325 e. The Bertz CT molecular complexity index is 1670. The zero-order valence-electron chi connectivity index (χ0n) is 19.8. The first-order valence-electron chi connectivity index (χ1n) is 11.6. The molecule has 1 N–H and O–H groups in total. The molecule has 182 valence electrons. The molecule has 0 atom stereocenters. The number of para-hydroxylation sites is 1. The fourth-order valence-corrected chi connectivity index (χ4v) is 6.44. The molecule has 0 aliphatic rings. The fourth-order valence-electron chi connectivity index (χ4n) is 3.92. The Balaban J connectivity index is 1.15. The standard InChI is InChI=1S/C28H21N5OS3/c1-18-9-14-22-24(16-18)37-27(30-22)19-10-12-20(13-11-19)29-25(34)17-36-28-32-31-26(23-8-5-15-35-23)33(28)21-6-3-2-4-7-21/h2-16H,17H2,1H3,(H,29,34). The molecular formula is C28H21N5OS3. The van der Waals surface area contributed by atoms with Gasteiger partial charge in [-0.3, -0.25) is 9.36 Å². The van der Waals surface area contributed by atoms with Crippen molar-refractivity contribution in [2.24, 2.45) is 0 Å². The van der Waals surface area contributed by atoms with Gasteiger partial charge >= 0.3 is 0 Å². The van der Waals surface area contributed by atoms with Gasteiger partial charge < -0.3 is 5.32 Å². The van der Waals surface area contributed by atoms with E-state index in [2.05, 4.69) is 40.6 Å². The number of aromatic nitrogens is 4. The molecule has 0 bridgehead atoms. The number of carbonyl (C=O) groups excluding carboxylic acids is 1. The third-order valence-electron chi connectivity index (χ3n) is 5.68. The summed E-state index contributed by atoms with van der Waals surface area (Å²) in [7, 11) is 0. The number of amides is 1. The van der Waals surface area contributed by atoms with Gasteiger partial charge in [0.25, 0.3) is 0 Å². The molecule has 9 heteroatoms. The molecule has 37 heavy (non-hydrogen) atoms. The summed E-state index contributed by atoms with van der Waals surface area (Å²) in [6, 6.07) is 28.1. The molecular weight excluding hydrogens is 519 g/mol. The Morgan fingerprint density at radius 3 is 2.59 bits per heavy atom. The number of nitrogens with zero attached hydrogens (tertiary/aromatic N) is 4. The third kappa shape index (κ3) is 5.06. The lowest BCUT2D eigenvalue weighted by atomic mass is 10.2. The lowest BCUT2D eigenvalue weighted by Gasteiger charge is -2.09. The van der Waals surface area contributed by atoms with E-state index in [9.17, 15) is 4.79 Å². The normalized spacial score (nSPS) is 11.2. The molecule has 0 spiro atoms. The van der Waals surface area contributed by atoms with Gasteiger partial charge in [-0.15, -0.1) is 32.9 Å². The van der Waals surface area contributed by atoms with E-state index in [1.54, 1.807) is 22.7 Å². The van der Waals surface area contributed by atoms with Crippen LogP contribution in [0.2, 0.25) is 0 Å². The number of aryl methyl sites for hydroxylation is 1. The predicted molar refractivity (Wildman–Crippen MR) is 154 cm³/mol. The highest BCUT2D eigenvalue weighted by molar-refractivity contribution is 7.99. The summed E-state index contributed by atoms with van der Waals surface area (Å²) in [5, 5.41) is 15.5. The van der Waals surface area contributed by atoms with Crippen molar-refractivity contribution in [1.82, 2.24) is 19.7 Å². The van der Waals surface area contributed by atoms with Gasteiger partial charge in [-0.2, -0.15) is 0 Å². The molecule has 0 unspecified atom stereocenters. The largest absolute Gasteiger partial charge is 0.325 e. The maximum Gasteiger partial charge on any atom is 0.234 e. The molecule has 0 radical (unpaired) electrons. The maximum absolute atomic E-state index is 12.8. The van der Waals surface area contributed by atoms with Crippen molar-refractivity contribution >= 4 is 56.2 Å². The zero-order valence-corrected chi connectivity index (χ0v) is 22.2. The molecule has 0 aliphatic heterocycles. The topological polar surface area (TPSA) is 72.7 Å². The van der Waals surface area contributed by atoms with E-state index in [4.69, 9.17) is 4.98 Å². The molecule has 0 fully saturated rings. The van der Waals surface area contributed by atoms with Crippen molar-refractivity contribution in [3.05, 3.63) is 95.9 Å². The summed E-state index contributed by atoms with van der Waals surface area (Å²) in [6.45, 7) is 2.09. The number of hydrogen-bond acceptors (Lipinski definition) is 7. The number of rotatable bonds is 7. The number of hydrogen-bond donors (Lipinski definition) is 1. The van der Waals surface area contributed by atoms with Gasteiger partial charge in [0.15, 0.2) is 11.0 Å². The van der Waals surface area contributed by atoms with Crippen LogP contribution in [0.15, 0.2) is 95.5 Å². The van der Waals surface area contributed by atoms with Gasteiger partial charge in [0, 0.05) is 16.9 Å². The first kappa shape index (κ1) is 23.6. The Hall–Kier alpha value is -3.79. The zero-order chi connectivity index (χ0) is 25.2. The van der Waals surface area contributed by atoms with Crippen LogP contribution in [0.25, 0.3) is 37.2 Å². The predicted octanol–water partition coefficient (Wildman–Crippen LogP) is 7.31. The monoisotopic (exact) mass is 539 g/mol. The van der Waals surface area contributed by atoms with Crippen LogP contribution in [0.4, 0.5) is 5.69 Å². The van der Waals surface area contributed by atoms with Crippen molar-refractivity contribution in [2.45, 2.75) is 12.1 Å². The molecule has 6 nitrogen and oxygen atoms in total. The molecule has 6 aromatic rings. The summed E-state index contributed by atoms with van der Waals surface area (Å²) in [5.74, 6) is 0.882. The quantitative estimate of drug-likeness (QED) is 0.215. The van der Waals surface area contributed by atoms with Crippen LogP contribution >= 0.6 is 34.4 Å². The minimum atomic E-state index is -0.103. The van der Waals surface area contributed by atoms with Gasteiger partial charge in [-0.1, -0.05) is 42.1 Å². The van der Waals surface area contributed by atoms with E-state index in [-0.39, 0.29) is 11.7 Å². The SMILES string of the molecule is Cc1ccc2nc(-c3ccc(NC(=O)CSc4nnc(-c5cccs5)n4-c4ccccc4)cc3)sc2c1. The Morgan fingerprint density at radius 1 is 0.973 bits per heavy atom. The van der Waals surface area contributed by atoms with E-state index in [0.29, 0.717) is 5.16 Å². The highest BCUT2D eigenvalue weighted by Gasteiger charge is 2.18. The molecule has 0 saturated heterocycles. The Kier molecular flexibility index (Phi) is 6.57. The van der Waals surface area contributed by atoms with Crippen LogP contribution in [-0.4, -0.2) is 31.4 Å². The number of fused-ring (bicyclic) bond motifs is 1. The summed E-state index contributed by atoms with van der Waals surface area (Å²) in [6.07, 6.45) is 0. The number of thiazole rings is 1. The molecule has 3 aromatic carbocycles. The average molecular weight is 540 g/mol. The number of carbonyl (C=O) groups is 1. The molecule has 3 aromatic heterocycles. The van der Waals surface area contributed by atoms with Gasteiger partial charge in [0.1, 0.15) is 5.01 Å². The van der Waals surface area contributed by atoms with E-state index in [1.807, 2.05) is 76.7 Å². The average Bonchev–Trinajstić information content (AvgIpc) is 3.67. The van der Waals surface area contributed by atoms with Crippen molar-refractivity contribution < 1.29 is 4.79 Å². The van der Waals surface area contributed by atoms with Crippen LogP contribution < -0.4 is 5.32 Å². The molecule has 0 aliphatic carbocycles. The number of thioether (sulfide) groups is 1. The lowest BCUT2D eigenvalue weighted by molar-refractivity contribution is -0.113. The van der Waals surface area contributed by atoms with Crippen molar-refractivity contribution in [3.63, 3.8) is 0 Å². The van der Waals surface area contributed by atoms with Crippen molar-refractivity contribution in [3.8, 4) is 27.0 Å². The number of nitrogens with one attached hydrogen (secondary N) is 1. The lowest BCUT2D eigenvalue weighted by Crippen LogP contribution is -2.14. The van der Waals surface area contributed by atoms with E-state index < -0.39 is 0 Å². The second-order valence-electron chi connectivity index (χ2n) is 8.36.